The van der Waals surface area contributed by atoms with E-state index in [1.165, 1.54) is 23.4 Å². The van der Waals surface area contributed by atoms with Gasteiger partial charge in [-0.15, -0.1) is 0 Å². The summed E-state index contributed by atoms with van der Waals surface area (Å²) >= 11 is -0.684. The highest BCUT2D eigenvalue weighted by Crippen LogP contribution is 2.17. The summed E-state index contributed by atoms with van der Waals surface area (Å²) in [5.74, 6) is 0.856. The summed E-state index contributed by atoms with van der Waals surface area (Å²) in [5.41, 5.74) is 0. The van der Waals surface area contributed by atoms with Crippen LogP contribution in [0.1, 0.15) is 26.7 Å². The van der Waals surface area contributed by atoms with Crippen molar-refractivity contribution in [2.75, 3.05) is 6.61 Å². The Morgan fingerprint density at radius 1 is 1.40 bits per heavy atom. The minimum atomic E-state index is -0.684. The Morgan fingerprint density at radius 3 is 2.70 bits per heavy atom. The topological polar surface area (TPSA) is 9.23 Å². The largest absolute Gasteiger partial charge is 0.501 e. The van der Waals surface area contributed by atoms with Crippen molar-refractivity contribution in [1.29, 1.82) is 0 Å². The Morgan fingerprint density at radius 2 is 2.20 bits per heavy atom. The summed E-state index contributed by atoms with van der Waals surface area (Å²) in [4.78, 5) is 0. The molecule has 0 N–H and O–H groups in total. The van der Waals surface area contributed by atoms with Crippen LogP contribution in [0.2, 0.25) is 10.6 Å². The molecule has 1 rings (SSSR count). The lowest BCUT2D eigenvalue weighted by atomic mass is 10.3. The van der Waals surface area contributed by atoms with E-state index in [9.17, 15) is 0 Å². The number of rotatable bonds is 2. The van der Waals surface area contributed by atoms with Gasteiger partial charge in [-0.2, -0.15) is 0 Å². The molecule has 1 aliphatic heterocycles. The van der Waals surface area contributed by atoms with Crippen LogP contribution in [0.4, 0.5) is 0 Å². The third-order valence-electron chi connectivity index (χ3n) is 2.01. The van der Waals surface area contributed by atoms with E-state index in [-0.39, 0.29) is 0 Å². The van der Waals surface area contributed by atoms with Crippen molar-refractivity contribution in [3.8, 4) is 0 Å². The zero-order valence-corrected chi connectivity index (χ0v) is 8.25. The van der Waals surface area contributed by atoms with Crippen LogP contribution in [-0.2, 0) is 3.79 Å². The van der Waals surface area contributed by atoms with Crippen LogP contribution in [-0.4, -0.2) is 21.1 Å². The van der Waals surface area contributed by atoms with E-state index in [0.717, 1.165) is 12.5 Å². The Balaban J connectivity index is 2.13. The normalized spacial score (nSPS) is 20.1. The van der Waals surface area contributed by atoms with Crippen molar-refractivity contribution in [3.05, 3.63) is 0 Å². The lowest BCUT2D eigenvalue weighted by molar-refractivity contribution is 0.283. The van der Waals surface area contributed by atoms with Gasteiger partial charge < -0.3 is 3.79 Å². The summed E-state index contributed by atoms with van der Waals surface area (Å²) in [6, 6.07) is 0. The van der Waals surface area contributed by atoms with Gasteiger partial charge in [0.1, 0.15) is 0 Å². The quantitative estimate of drug-likeness (QED) is 0.558. The fraction of sp³-hybridized carbons (Fsp3) is 1.00. The minimum absolute atomic E-state index is 0.684. The zero-order chi connectivity index (χ0) is 7.40. The average molecular weight is 156 g/mol. The Kier molecular flexibility index (Phi) is 3.77. The van der Waals surface area contributed by atoms with Gasteiger partial charge in [-0.3, -0.25) is 0 Å². The maximum Gasteiger partial charge on any atom is 0.461 e. The third kappa shape index (κ3) is 3.05. The van der Waals surface area contributed by atoms with E-state index in [2.05, 4.69) is 13.8 Å². The van der Waals surface area contributed by atoms with Crippen LogP contribution in [0.15, 0.2) is 0 Å². The molecule has 1 aliphatic rings. The first-order valence-corrected chi connectivity index (χ1v) is 6.51. The van der Waals surface area contributed by atoms with Gasteiger partial charge in [-0.25, -0.2) is 0 Å². The summed E-state index contributed by atoms with van der Waals surface area (Å²) in [7, 11) is 0. The van der Waals surface area contributed by atoms with Crippen LogP contribution >= 0.6 is 0 Å². The number of hydrogen-bond acceptors (Lipinski definition) is 1. The minimum Gasteiger partial charge on any atom is -0.501 e. The molecule has 1 heterocycles. The molecular weight excluding hydrogens is 139 g/mol. The second-order valence-electron chi connectivity index (χ2n) is 3.62. The molecule has 1 fully saturated rings. The molecule has 0 bridgehead atoms. The molecule has 0 aromatic rings. The molecule has 0 saturated carbocycles. The van der Waals surface area contributed by atoms with Crippen LogP contribution in [0, 0.1) is 5.92 Å². The SMILES string of the molecule is CC(C)[CH2][Al]1[CH2]CCC[O]1. The summed E-state index contributed by atoms with van der Waals surface area (Å²) in [6.07, 6.45) is 2.74. The molecule has 0 radical (unpaired) electrons. The lowest BCUT2D eigenvalue weighted by Crippen LogP contribution is -2.24. The van der Waals surface area contributed by atoms with Gasteiger partial charge in [0.2, 0.25) is 0 Å². The summed E-state index contributed by atoms with van der Waals surface area (Å²) in [6.45, 7) is 5.65. The molecule has 0 aliphatic carbocycles. The van der Waals surface area contributed by atoms with Gasteiger partial charge in [0, 0.05) is 6.61 Å². The Bertz CT molecular complexity index is 87.3. The highest BCUT2D eigenvalue weighted by molar-refractivity contribution is 6.52. The molecule has 0 aromatic heterocycles. The average Bonchev–Trinajstić information content (AvgIpc) is 1.88. The fourth-order valence-electron chi connectivity index (χ4n) is 1.52. The van der Waals surface area contributed by atoms with Crippen LogP contribution in [0.25, 0.3) is 0 Å². The molecule has 0 unspecified atom stereocenters. The first-order valence-electron chi connectivity index (χ1n) is 4.40. The van der Waals surface area contributed by atoms with E-state index in [1.807, 2.05) is 0 Å². The molecule has 10 heavy (non-hydrogen) atoms. The Labute approximate surface area is 68.5 Å². The molecule has 0 spiro atoms. The van der Waals surface area contributed by atoms with Crippen molar-refractivity contribution < 1.29 is 3.79 Å². The van der Waals surface area contributed by atoms with Crippen molar-refractivity contribution in [2.45, 2.75) is 37.3 Å². The first kappa shape index (κ1) is 8.59. The third-order valence-corrected chi connectivity index (χ3v) is 5.24. The van der Waals surface area contributed by atoms with Crippen molar-refractivity contribution >= 4 is 14.5 Å². The maximum absolute atomic E-state index is 5.73. The van der Waals surface area contributed by atoms with Gasteiger partial charge in [0.25, 0.3) is 0 Å². The number of hydrogen-bond donors (Lipinski definition) is 0. The highest BCUT2D eigenvalue weighted by atomic mass is 27.2. The molecule has 58 valence electrons. The molecule has 1 nitrogen and oxygen atoms in total. The van der Waals surface area contributed by atoms with Crippen molar-refractivity contribution in [2.24, 2.45) is 5.92 Å². The molecule has 1 saturated heterocycles. The van der Waals surface area contributed by atoms with Crippen LogP contribution < -0.4 is 0 Å². The predicted molar refractivity (Wildman–Crippen MR) is 45.4 cm³/mol. The van der Waals surface area contributed by atoms with Crippen molar-refractivity contribution in [1.82, 2.24) is 0 Å². The van der Waals surface area contributed by atoms with E-state index >= 15 is 0 Å². The van der Waals surface area contributed by atoms with E-state index in [4.69, 9.17) is 3.79 Å². The van der Waals surface area contributed by atoms with Gasteiger partial charge in [0.05, 0.1) is 0 Å². The molecule has 0 aromatic carbocycles. The Hall–Kier alpha value is 0.492. The molecule has 2 heteroatoms. The molecule has 0 atom stereocenters. The maximum atomic E-state index is 5.73. The smallest absolute Gasteiger partial charge is 0.461 e. The van der Waals surface area contributed by atoms with Crippen molar-refractivity contribution in [3.63, 3.8) is 0 Å². The summed E-state index contributed by atoms with van der Waals surface area (Å²) < 4.78 is 5.73. The fourth-order valence-corrected chi connectivity index (χ4v) is 4.35. The predicted octanol–water partition coefficient (Wildman–Crippen LogP) is 2.44. The monoisotopic (exact) mass is 156 g/mol. The standard InChI is InChI=1S/C4H8O.C4H9.Al/c1-2-3-4-5;1-4(2)3;/h1-4H2;4H,1H2,2-3H3;/q-1;;+1. The van der Waals surface area contributed by atoms with Crippen LogP contribution in [0.5, 0.6) is 0 Å². The zero-order valence-electron chi connectivity index (χ0n) is 7.10. The van der Waals surface area contributed by atoms with Gasteiger partial charge in [0.15, 0.2) is 0 Å². The second kappa shape index (κ2) is 4.39. The second-order valence-corrected chi connectivity index (χ2v) is 6.24. The van der Waals surface area contributed by atoms with Gasteiger partial charge in [-0.1, -0.05) is 36.8 Å². The van der Waals surface area contributed by atoms with Gasteiger partial charge in [-0.05, 0) is 6.42 Å². The van der Waals surface area contributed by atoms with Crippen LogP contribution in [0.3, 0.4) is 0 Å². The molecular formula is C8H17AlO. The van der Waals surface area contributed by atoms with E-state index in [0.29, 0.717) is 0 Å². The first-order chi connectivity index (χ1) is 4.79. The lowest BCUT2D eigenvalue weighted by Gasteiger charge is -2.19. The van der Waals surface area contributed by atoms with E-state index < -0.39 is 14.5 Å². The van der Waals surface area contributed by atoms with E-state index in [1.54, 1.807) is 0 Å². The highest BCUT2D eigenvalue weighted by Gasteiger charge is 2.23. The molecule has 0 amide bonds. The summed E-state index contributed by atoms with van der Waals surface area (Å²) in [5, 5.41) is 2.82. The van der Waals surface area contributed by atoms with Gasteiger partial charge >= 0.3 is 14.5 Å².